The highest BCUT2D eigenvalue weighted by atomic mass is 32.2. The number of hydrogen-bond donors (Lipinski definition) is 1. The molecule has 0 aliphatic rings. The molecule has 0 aliphatic heterocycles. The van der Waals surface area contributed by atoms with Gasteiger partial charge in [-0.05, 0) is 13.8 Å². The molecule has 1 aromatic rings. The van der Waals surface area contributed by atoms with E-state index in [2.05, 4.69) is 9.97 Å². The van der Waals surface area contributed by atoms with Crippen molar-refractivity contribution in [1.29, 1.82) is 0 Å². The minimum atomic E-state index is -1.08. The van der Waals surface area contributed by atoms with Crippen LogP contribution in [0.25, 0.3) is 0 Å². The number of nitrogens with zero attached hydrogens (tertiary/aromatic N) is 2. The Morgan fingerprint density at radius 2 is 2.13 bits per heavy atom. The SMILES string of the molecule is Cc1nc(C)c(C(=O)O)c(SCCF)n1. The van der Waals surface area contributed by atoms with Crippen molar-refractivity contribution >= 4 is 17.7 Å². The first-order valence-electron chi connectivity index (χ1n) is 4.33. The maximum atomic E-state index is 12.0. The molecule has 0 radical (unpaired) electrons. The molecule has 1 N–H and O–H groups in total. The quantitative estimate of drug-likeness (QED) is 0.631. The zero-order chi connectivity index (χ0) is 11.4. The van der Waals surface area contributed by atoms with Gasteiger partial charge in [-0.1, -0.05) is 0 Å². The van der Waals surface area contributed by atoms with Crippen molar-refractivity contribution in [1.82, 2.24) is 9.97 Å². The number of rotatable bonds is 4. The van der Waals surface area contributed by atoms with Gasteiger partial charge in [-0.15, -0.1) is 11.8 Å². The topological polar surface area (TPSA) is 63.1 Å². The molecule has 0 saturated carbocycles. The number of thioether (sulfide) groups is 1. The lowest BCUT2D eigenvalue weighted by atomic mass is 10.2. The van der Waals surface area contributed by atoms with Gasteiger partial charge < -0.3 is 5.11 Å². The van der Waals surface area contributed by atoms with Crippen LogP contribution < -0.4 is 0 Å². The van der Waals surface area contributed by atoms with Crippen LogP contribution in [-0.4, -0.2) is 33.5 Å². The van der Waals surface area contributed by atoms with Gasteiger partial charge in [0.1, 0.15) is 16.4 Å². The maximum Gasteiger partial charge on any atom is 0.340 e. The Hall–Kier alpha value is -1.17. The van der Waals surface area contributed by atoms with E-state index in [-0.39, 0.29) is 11.3 Å². The van der Waals surface area contributed by atoms with Crippen molar-refractivity contribution in [3.63, 3.8) is 0 Å². The zero-order valence-corrected chi connectivity index (χ0v) is 9.27. The molecule has 0 spiro atoms. The van der Waals surface area contributed by atoms with Crippen molar-refractivity contribution in [2.24, 2.45) is 0 Å². The standard InChI is InChI=1S/C9H11FN2O2S/c1-5-7(9(13)14)8(15-4-3-10)12-6(2)11-5/h3-4H2,1-2H3,(H,13,14). The van der Waals surface area contributed by atoms with E-state index >= 15 is 0 Å². The van der Waals surface area contributed by atoms with Crippen LogP contribution in [0.5, 0.6) is 0 Å². The first-order valence-corrected chi connectivity index (χ1v) is 5.32. The molecule has 0 aliphatic carbocycles. The molecule has 0 fully saturated rings. The third kappa shape index (κ3) is 2.89. The summed E-state index contributed by atoms with van der Waals surface area (Å²) in [5.41, 5.74) is 0.482. The highest BCUT2D eigenvalue weighted by Crippen LogP contribution is 2.22. The lowest BCUT2D eigenvalue weighted by Gasteiger charge is -2.07. The molecule has 0 aromatic carbocycles. The fourth-order valence-electron chi connectivity index (χ4n) is 1.17. The summed E-state index contributed by atoms with van der Waals surface area (Å²) in [6.07, 6.45) is 0. The normalized spacial score (nSPS) is 10.3. The molecule has 1 rings (SSSR count). The Kier molecular flexibility index (Phi) is 4.02. The second-order valence-electron chi connectivity index (χ2n) is 2.88. The van der Waals surface area contributed by atoms with Crippen LogP contribution in [0.2, 0.25) is 0 Å². The minimum absolute atomic E-state index is 0.0686. The summed E-state index contributed by atoms with van der Waals surface area (Å²) in [4.78, 5) is 18.9. The smallest absolute Gasteiger partial charge is 0.340 e. The number of hydrogen-bond acceptors (Lipinski definition) is 4. The van der Waals surface area contributed by atoms with Crippen LogP contribution in [0, 0.1) is 13.8 Å². The number of alkyl halides is 1. The van der Waals surface area contributed by atoms with Crippen LogP contribution in [0.1, 0.15) is 21.9 Å². The number of halogens is 1. The Balaban J connectivity index is 3.14. The zero-order valence-electron chi connectivity index (χ0n) is 8.45. The fourth-order valence-corrected chi connectivity index (χ4v) is 2.01. The molecular formula is C9H11FN2O2S. The third-order valence-electron chi connectivity index (χ3n) is 1.70. The van der Waals surface area contributed by atoms with Crippen LogP contribution in [0.4, 0.5) is 4.39 Å². The van der Waals surface area contributed by atoms with E-state index in [1.54, 1.807) is 13.8 Å². The Morgan fingerprint density at radius 1 is 1.47 bits per heavy atom. The van der Waals surface area contributed by atoms with E-state index < -0.39 is 12.6 Å². The fraction of sp³-hybridized carbons (Fsp3) is 0.444. The molecule has 6 heteroatoms. The average molecular weight is 230 g/mol. The molecule has 1 aromatic heterocycles. The van der Waals surface area contributed by atoms with Gasteiger partial charge in [0, 0.05) is 5.75 Å². The van der Waals surface area contributed by atoms with E-state index in [0.717, 1.165) is 11.8 Å². The van der Waals surface area contributed by atoms with Crippen LogP contribution in [-0.2, 0) is 0 Å². The first kappa shape index (κ1) is 11.9. The molecule has 0 amide bonds. The Bertz CT molecular complexity index is 385. The van der Waals surface area contributed by atoms with E-state index in [9.17, 15) is 9.18 Å². The van der Waals surface area contributed by atoms with Crippen LogP contribution in [0.15, 0.2) is 5.03 Å². The van der Waals surface area contributed by atoms with Crippen molar-refractivity contribution in [2.75, 3.05) is 12.4 Å². The summed E-state index contributed by atoms with van der Waals surface area (Å²) in [5, 5.41) is 9.29. The second kappa shape index (κ2) is 5.06. The summed E-state index contributed by atoms with van der Waals surface area (Å²) < 4.78 is 12.0. The largest absolute Gasteiger partial charge is 0.478 e. The van der Waals surface area contributed by atoms with Gasteiger partial charge in [0.25, 0.3) is 0 Å². The van der Waals surface area contributed by atoms with Crippen molar-refractivity contribution in [2.45, 2.75) is 18.9 Å². The van der Waals surface area contributed by atoms with E-state index in [0.29, 0.717) is 16.5 Å². The predicted molar refractivity (Wildman–Crippen MR) is 55.2 cm³/mol. The molecule has 0 atom stereocenters. The van der Waals surface area contributed by atoms with Gasteiger partial charge in [-0.3, -0.25) is 4.39 Å². The molecule has 0 unspecified atom stereocenters. The maximum absolute atomic E-state index is 12.0. The van der Waals surface area contributed by atoms with Gasteiger partial charge >= 0.3 is 5.97 Å². The minimum Gasteiger partial charge on any atom is -0.478 e. The van der Waals surface area contributed by atoms with E-state index in [4.69, 9.17) is 5.11 Å². The lowest BCUT2D eigenvalue weighted by molar-refractivity contribution is 0.0690. The van der Waals surface area contributed by atoms with Gasteiger partial charge in [0.05, 0.1) is 12.4 Å². The number of aromatic carboxylic acids is 1. The summed E-state index contributed by atoms with van der Waals surface area (Å²) in [6, 6.07) is 0. The third-order valence-corrected chi connectivity index (χ3v) is 2.63. The van der Waals surface area contributed by atoms with Gasteiger partial charge in [-0.2, -0.15) is 0 Å². The molecule has 82 valence electrons. The van der Waals surface area contributed by atoms with Gasteiger partial charge in [-0.25, -0.2) is 14.8 Å². The first-order chi connectivity index (χ1) is 7.06. The van der Waals surface area contributed by atoms with Gasteiger partial charge in [0.15, 0.2) is 0 Å². The van der Waals surface area contributed by atoms with Gasteiger partial charge in [0.2, 0.25) is 0 Å². The molecule has 1 heterocycles. The molecule has 0 saturated heterocycles. The Labute approximate surface area is 90.9 Å². The number of aromatic nitrogens is 2. The predicted octanol–water partition coefficient (Wildman–Crippen LogP) is 1.85. The number of carboxylic acids is 1. The molecule has 0 bridgehead atoms. The van der Waals surface area contributed by atoms with Crippen LogP contribution >= 0.6 is 11.8 Å². The summed E-state index contributed by atoms with van der Waals surface area (Å²) >= 11 is 1.10. The van der Waals surface area contributed by atoms with E-state index in [1.165, 1.54) is 0 Å². The van der Waals surface area contributed by atoms with E-state index in [1.807, 2.05) is 0 Å². The Morgan fingerprint density at radius 3 is 2.67 bits per heavy atom. The summed E-state index contributed by atoms with van der Waals surface area (Å²) in [6.45, 7) is 2.78. The highest BCUT2D eigenvalue weighted by molar-refractivity contribution is 7.99. The van der Waals surface area contributed by atoms with Crippen molar-refractivity contribution in [3.8, 4) is 0 Å². The number of carbonyl (C=O) groups is 1. The van der Waals surface area contributed by atoms with Crippen LogP contribution in [0.3, 0.4) is 0 Å². The second-order valence-corrected chi connectivity index (χ2v) is 3.96. The number of aryl methyl sites for hydroxylation is 2. The average Bonchev–Trinajstić information content (AvgIpc) is 2.12. The molecule has 4 nitrogen and oxygen atoms in total. The summed E-state index contributed by atoms with van der Waals surface area (Å²) in [7, 11) is 0. The summed E-state index contributed by atoms with van der Waals surface area (Å²) in [5.74, 6) is -0.372. The monoisotopic (exact) mass is 230 g/mol. The molecule has 15 heavy (non-hydrogen) atoms. The highest BCUT2D eigenvalue weighted by Gasteiger charge is 2.16. The van der Waals surface area contributed by atoms with Crippen molar-refractivity contribution < 1.29 is 14.3 Å². The number of carboxylic acid groups (broad SMARTS) is 1. The van der Waals surface area contributed by atoms with Crippen molar-refractivity contribution in [3.05, 3.63) is 17.1 Å². The molecular weight excluding hydrogens is 219 g/mol. The lowest BCUT2D eigenvalue weighted by Crippen LogP contribution is -2.08.